The Morgan fingerprint density at radius 2 is 1.91 bits per heavy atom. The molecule has 23 heavy (non-hydrogen) atoms. The van der Waals surface area contributed by atoms with Crippen molar-refractivity contribution >= 4 is 28.0 Å². The predicted octanol–water partition coefficient (Wildman–Crippen LogP) is 3.29. The third-order valence-electron chi connectivity index (χ3n) is 3.24. The lowest BCUT2D eigenvalue weighted by molar-refractivity contribution is -0.139. The van der Waals surface area contributed by atoms with Crippen LogP contribution in [0.3, 0.4) is 0 Å². The monoisotopic (exact) mass is 387 g/mol. The summed E-state index contributed by atoms with van der Waals surface area (Å²) in [6, 6.07) is 0.507. The van der Waals surface area contributed by atoms with Gasteiger partial charge in [0.2, 0.25) is 0 Å². The lowest BCUT2D eigenvalue weighted by atomic mass is 9.99. The molecule has 6 nitrogen and oxygen atoms in total. The SMILES string of the molecule is Cc1cc(CC(NC(=O)OC(C)(C)C)C(=O)O)c(O)c(Br)c1C. The summed E-state index contributed by atoms with van der Waals surface area (Å²) in [5.74, 6) is -1.23. The lowest BCUT2D eigenvalue weighted by Crippen LogP contribution is -2.44. The van der Waals surface area contributed by atoms with Crippen LogP contribution in [0.15, 0.2) is 10.5 Å². The Bertz CT molecular complexity index is 622. The molecule has 0 bridgehead atoms. The molecular weight excluding hydrogens is 366 g/mol. The van der Waals surface area contributed by atoms with E-state index >= 15 is 0 Å². The molecule has 0 aromatic heterocycles. The van der Waals surface area contributed by atoms with Crippen LogP contribution in [-0.4, -0.2) is 33.9 Å². The average molecular weight is 388 g/mol. The number of phenols is 1. The molecule has 0 heterocycles. The number of rotatable bonds is 4. The number of phenolic OH excluding ortho intramolecular Hbond substituents is 1. The van der Waals surface area contributed by atoms with Crippen LogP contribution in [0, 0.1) is 13.8 Å². The minimum atomic E-state index is -1.20. The fourth-order valence-electron chi connectivity index (χ4n) is 1.96. The summed E-state index contributed by atoms with van der Waals surface area (Å²) in [7, 11) is 0. The van der Waals surface area contributed by atoms with Crippen LogP contribution >= 0.6 is 15.9 Å². The molecule has 0 saturated heterocycles. The summed E-state index contributed by atoms with van der Waals surface area (Å²) in [5.41, 5.74) is 1.49. The van der Waals surface area contributed by atoms with Gasteiger partial charge in [0.15, 0.2) is 0 Å². The molecule has 0 aliphatic carbocycles. The number of hydrogen-bond donors (Lipinski definition) is 3. The number of aryl methyl sites for hydroxylation is 1. The van der Waals surface area contributed by atoms with E-state index in [1.165, 1.54) is 0 Å². The number of amides is 1. The van der Waals surface area contributed by atoms with Crippen molar-refractivity contribution < 1.29 is 24.5 Å². The van der Waals surface area contributed by atoms with Crippen molar-refractivity contribution in [2.24, 2.45) is 0 Å². The zero-order valence-corrected chi connectivity index (χ0v) is 15.4. The van der Waals surface area contributed by atoms with Gasteiger partial charge < -0.3 is 20.3 Å². The van der Waals surface area contributed by atoms with Crippen molar-refractivity contribution in [2.75, 3.05) is 0 Å². The van der Waals surface area contributed by atoms with Crippen LogP contribution in [0.25, 0.3) is 0 Å². The van der Waals surface area contributed by atoms with Crippen molar-refractivity contribution in [1.29, 1.82) is 0 Å². The zero-order valence-electron chi connectivity index (χ0n) is 13.9. The molecule has 0 saturated carbocycles. The zero-order chi connectivity index (χ0) is 17.9. The Morgan fingerprint density at radius 1 is 1.35 bits per heavy atom. The second-order valence-electron chi connectivity index (χ2n) is 6.38. The topological polar surface area (TPSA) is 95.9 Å². The van der Waals surface area contributed by atoms with Gasteiger partial charge in [0, 0.05) is 6.42 Å². The maximum absolute atomic E-state index is 11.8. The molecule has 0 aliphatic heterocycles. The number of carboxylic acid groups (broad SMARTS) is 1. The molecule has 7 heteroatoms. The molecule has 1 aromatic rings. The molecule has 3 N–H and O–H groups in total. The average Bonchev–Trinajstić information content (AvgIpc) is 2.39. The van der Waals surface area contributed by atoms with E-state index in [0.717, 1.165) is 11.1 Å². The first-order chi connectivity index (χ1) is 10.4. The van der Waals surface area contributed by atoms with Crippen molar-refractivity contribution in [2.45, 2.75) is 52.7 Å². The highest BCUT2D eigenvalue weighted by molar-refractivity contribution is 9.10. The second-order valence-corrected chi connectivity index (χ2v) is 7.17. The fraction of sp³-hybridized carbons (Fsp3) is 0.500. The molecule has 128 valence electrons. The first-order valence-corrected chi connectivity index (χ1v) is 7.91. The van der Waals surface area contributed by atoms with Gasteiger partial charge in [-0.1, -0.05) is 6.07 Å². The summed E-state index contributed by atoms with van der Waals surface area (Å²) in [4.78, 5) is 23.2. The normalized spacial score (nSPS) is 12.6. The molecular formula is C16H22BrNO5. The Balaban J connectivity index is 2.98. The molecule has 1 aromatic carbocycles. The summed E-state index contributed by atoms with van der Waals surface area (Å²) in [5, 5.41) is 21.8. The number of hydrogen-bond acceptors (Lipinski definition) is 4. The highest BCUT2D eigenvalue weighted by Gasteiger charge is 2.26. The van der Waals surface area contributed by atoms with Crippen molar-refractivity contribution in [3.8, 4) is 5.75 Å². The number of halogens is 1. The Morgan fingerprint density at radius 3 is 2.39 bits per heavy atom. The van der Waals surface area contributed by atoms with E-state index in [0.29, 0.717) is 10.0 Å². The van der Waals surface area contributed by atoms with Gasteiger partial charge in [-0.05, 0) is 67.2 Å². The highest BCUT2D eigenvalue weighted by atomic mass is 79.9. The number of carboxylic acids is 1. The number of aromatic hydroxyl groups is 1. The van der Waals surface area contributed by atoms with Crippen molar-refractivity contribution in [3.63, 3.8) is 0 Å². The van der Waals surface area contributed by atoms with Crippen LogP contribution in [0.2, 0.25) is 0 Å². The third-order valence-corrected chi connectivity index (χ3v) is 4.21. The van der Waals surface area contributed by atoms with Gasteiger partial charge in [0.1, 0.15) is 17.4 Å². The molecule has 0 aliphatic rings. The number of alkyl carbamates (subject to hydrolysis) is 1. The number of nitrogens with one attached hydrogen (secondary N) is 1. The number of carbonyl (C=O) groups is 2. The minimum absolute atomic E-state index is 0.0228. The number of ether oxygens (including phenoxy) is 1. The Hall–Kier alpha value is -1.76. The van der Waals surface area contributed by atoms with Crippen molar-refractivity contribution in [3.05, 3.63) is 27.2 Å². The lowest BCUT2D eigenvalue weighted by Gasteiger charge is -2.22. The van der Waals surface area contributed by atoms with Gasteiger partial charge in [-0.15, -0.1) is 0 Å². The quantitative estimate of drug-likeness (QED) is 0.736. The van der Waals surface area contributed by atoms with E-state index in [4.69, 9.17) is 4.74 Å². The Kier molecular flexibility index (Phi) is 6.04. The first kappa shape index (κ1) is 19.3. The minimum Gasteiger partial charge on any atom is -0.506 e. The van der Waals surface area contributed by atoms with E-state index in [-0.39, 0.29) is 12.2 Å². The highest BCUT2D eigenvalue weighted by Crippen LogP contribution is 2.34. The summed E-state index contributed by atoms with van der Waals surface area (Å²) < 4.78 is 5.59. The largest absolute Gasteiger partial charge is 0.506 e. The molecule has 0 spiro atoms. The number of benzene rings is 1. The summed E-state index contributed by atoms with van der Waals surface area (Å²) in [6.07, 6.45) is -0.868. The maximum atomic E-state index is 11.8. The van der Waals surface area contributed by atoms with Gasteiger partial charge >= 0.3 is 12.1 Å². The van der Waals surface area contributed by atoms with Crippen LogP contribution in [-0.2, 0) is 16.0 Å². The van der Waals surface area contributed by atoms with Gasteiger partial charge in [0.25, 0.3) is 0 Å². The molecule has 1 unspecified atom stereocenters. The van der Waals surface area contributed by atoms with Gasteiger partial charge in [0.05, 0.1) is 4.47 Å². The molecule has 1 rings (SSSR count). The van der Waals surface area contributed by atoms with E-state index < -0.39 is 23.7 Å². The van der Waals surface area contributed by atoms with E-state index in [1.807, 2.05) is 13.8 Å². The summed E-state index contributed by atoms with van der Waals surface area (Å²) >= 11 is 3.29. The standard InChI is InChI=1S/C16H22BrNO5/c1-8-6-10(13(19)12(17)9(8)2)7-11(14(20)21)18-15(22)23-16(3,4)5/h6,11,19H,7H2,1-5H3,(H,18,22)(H,20,21). The summed E-state index contributed by atoms with van der Waals surface area (Å²) in [6.45, 7) is 8.77. The van der Waals surface area contributed by atoms with Gasteiger partial charge in [-0.25, -0.2) is 9.59 Å². The molecule has 1 atom stereocenters. The van der Waals surface area contributed by atoms with Crippen molar-refractivity contribution in [1.82, 2.24) is 5.32 Å². The maximum Gasteiger partial charge on any atom is 0.408 e. The molecule has 1 amide bonds. The smallest absolute Gasteiger partial charge is 0.408 e. The number of aliphatic carboxylic acids is 1. The number of carbonyl (C=O) groups excluding carboxylic acids is 1. The first-order valence-electron chi connectivity index (χ1n) is 7.12. The third kappa shape index (κ3) is 5.42. The predicted molar refractivity (Wildman–Crippen MR) is 89.8 cm³/mol. The fourth-order valence-corrected chi connectivity index (χ4v) is 2.52. The van der Waals surface area contributed by atoms with E-state index in [1.54, 1.807) is 26.8 Å². The van der Waals surface area contributed by atoms with E-state index in [2.05, 4.69) is 21.2 Å². The van der Waals surface area contributed by atoms with Gasteiger partial charge in [-0.2, -0.15) is 0 Å². The second kappa shape index (κ2) is 7.21. The van der Waals surface area contributed by atoms with Gasteiger partial charge in [-0.3, -0.25) is 0 Å². The van der Waals surface area contributed by atoms with Crippen LogP contribution < -0.4 is 5.32 Å². The molecule has 0 fully saturated rings. The van der Waals surface area contributed by atoms with Crippen LogP contribution in [0.5, 0.6) is 5.75 Å². The molecule has 0 radical (unpaired) electrons. The van der Waals surface area contributed by atoms with Crippen LogP contribution in [0.1, 0.15) is 37.5 Å². The van der Waals surface area contributed by atoms with E-state index in [9.17, 15) is 19.8 Å². The Labute approximate surface area is 144 Å². The van der Waals surface area contributed by atoms with Crippen LogP contribution in [0.4, 0.5) is 4.79 Å².